The summed E-state index contributed by atoms with van der Waals surface area (Å²) in [4.78, 5) is 19.3. The van der Waals surface area contributed by atoms with Crippen molar-refractivity contribution in [1.82, 2.24) is 9.88 Å². The number of carbonyl (C=O) groups excluding carboxylic acids is 1. The van der Waals surface area contributed by atoms with Crippen LogP contribution in [0.3, 0.4) is 0 Å². The van der Waals surface area contributed by atoms with E-state index in [2.05, 4.69) is 42.2 Å². The van der Waals surface area contributed by atoms with Gasteiger partial charge in [-0.25, -0.2) is 9.78 Å². The average molecular weight is 405 g/mol. The molecule has 2 aromatic rings. The van der Waals surface area contributed by atoms with Crippen LogP contribution in [0.5, 0.6) is 0 Å². The van der Waals surface area contributed by atoms with Gasteiger partial charge in [-0.15, -0.1) is 0 Å². The molecule has 1 fully saturated rings. The monoisotopic (exact) mass is 404 g/mol. The predicted octanol–water partition coefficient (Wildman–Crippen LogP) is 5.27. The lowest BCUT2D eigenvalue weighted by atomic mass is 10.00. The maximum Gasteiger partial charge on any atom is 0.331 e. The largest absolute Gasteiger partial charge is 0.457 e. The van der Waals surface area contributed by atoms with Gasteiger partial charge in [0.1, 0.15) is 5.60 Å². The lowest BCUT2D eigenvalue weighted by Crippen LogP contribution is -2.22. The second-order valence-electron chi connectivity index (χ2n) is 8.81. The fourth-order valence-electron chi connectivity index (χ4n) is 3.47. The Morgan fingerprint density at radius 1 is 1.10 bits per heavy atom. The van der Waals surface area contributed by atoms with E-state index < -0.39 is 5.60 Å². The molecule has 0 spiro atoms. The molecule has 0 radical (unpaired) electrons. The Balaban J connectivity index is 1.85. The summed E-state index contributed by atoms with van der Waals surface area (Å²) in [6, 6.07) is 14.5. The number of hydrogen-bond acceptors (Lipinski definition) is 4. The van der Waals surface area contributed by atoms with Crippen molar-refractivity contribution in [3.8, 4) is 0 Å². The van der Waals surface area contributed by atoms with E-state index in [4.69, 9.17) is 9.72 Å². The summed E-state index contributed by atoms with van der Waals surface area (Å²) in [6.07, 6.45) is 7.98. The molecule has 1 aliphatic rings. The highest BCUT2D eigenvalue weighted by atomic mass is 16.6. The first-order chi connectivity index (χ1) is 14.3. The number of esters is 1. The second kappa shape index (κ2) is 9.86. The molecule has 30 heavy (non-hydrogen) atoms. The number of hydrogen-bond donors (Lipinski definition) is 0. The summed E-state index contributed by atoms with van der Waals surface area (Å²) in [5.74, 6) is -0.363. The zero-order chi connectivity index (χ0) is 21.6. The summed E-state index contributed by atoms with van der Waals surface area (Å²) in [6.45, 7) is 10.9. The van der Waals surface area contributed by atoms with Gasteiger partial charge in [0.2, 0.25) is 0 Å². The molecule has 1 aromatic carbocycles. The van der Waals surface area contributed by atoms with Gasteiger partial charge < -0.3 is 4.74 Å². The molecule has 158 valence electrons. The number of pyridine rings is 1. The Morgan fingerprint density at radius 3 is 2.47 bits per heavy atom. The summed E-state index contributed by atoms with van der Waals surface area (Å²) in [5, 5.41) is 0. The molecule has 0 atom stereocenters. The van der Waals surface area contributed by atoms with Gasteiger partial charge >= 0.3 is 5.97 Å². The number of carbonyl (C=O) groups is 1. The van der Waals surface area contributed by atoms with Crippen LogP contribution < -0.4 is 0 Å². The van der Waals surface area contributed by atoms with E-state index in [0.29, 0.717) is 0 Å². The third-order valence-electron chi connectivity index (χ3n) is 4.96. The summed E-state index contributed by atoms with van der Waals surface area (Å²) >= 11 is 0. The molecule has 1 aliphatic heterocycles. The van der Waals surface area contributed by atoms with Crippen molar-refractivity contribution in [1.29, 1.82) is 0 Å². The van der Waals surface area contributed by atoms with E-state index in [-0.39, 0.29) is 5.97 Å². The minimum Gasteiger partial charge on any atom is -0.457 e. The lowest BCUT2D eigenvalue weighted by Gasteiger charge is -2.17. The van der Waals surface area contributed by atoms with Crippen LogP contribution in [0.2, 0.25) is 0 Å². The van der Waals surface area contributed by atoms with E-state index in [9.17, 15) is 4.79 Å². The molecule has 0 aliphatic carbocycles. The smallest absolute Gasteiger partial charge is 0.331 e. The maximum atomic E-state index is 12.0. The normalized spacial score (nSPS) is 15.7. The number of benzene rings is 1. The Morgan fingerprint density at radius 2 is 1.80 bits per heavy atom. The maximum absolute atomic E-state index is 12.0. The van der Waals surface area contributed by atoms with Gasteiger partial charge in [0.05, 0.1) is 11.4 Å². The molecule has 3 rings (SSSR count). The van der Waals surface area contributed by atoms with Crippen molar-refractivity contribution in [3.63, 3.8) is 0 Å². The van der Waals surface area contributed by atoms with Crippen molar-refractivity contribution in [2.24, 2.45) is 0 Å². The fraction of sp³-hybridized carbons (Fsp3) is 0.385. The highest BCUT2D eigenvalue weighted by Gasteiger charge is 2.14. The Labute approximate surface area is 180 Å². The topological polar surface area (TPSA) is 42.4 Å². The SMILES string of the molecule is Cc1ccc(/C(=C\CN2CCCC2)c2cccc(/C=C/C(=O)OC(C)(C)C)n2)cc1. The minimum atomic E-state index is -0.506. The van der Waals surface area contributed by atoms with E-state index in [0.717, 1.165) is 42.2 Å². The molecule has 1 saturated heterocycles. The van der Waals surface area contributed by atoms with Gasteiger partial charge in [0.15, 0.2) is 0 Å². The van der Waals surface area contributed by atoms with Crippen molar-refractivity contribution in [3.05, 3.63) is 77.1 Å². The number of rotatable bonds is 6. The van der Waals surface area contributed by atoms with Crippen LogP contribution in [0.1, 0.15) is 56.1 Å². The first-order valence-corrected chi connectivity index (χ1v) is 10.7. The van der Waals surface area contributed by atoms with E-state index in [1.54, 1.807) is 6.08 Å². The quantitative estimate of drug-likeness (QED) is 0.486. The first kappa shape index (κ1) is 22.0. The van der Waals surface area contributed by atoms with Crippen LogP contribution >= 0.6 is 0 Å². The molecule has 0 saturated carbocycles. The standard InChI is InChI=1S/C26H32N2O2/c1-20-10-12-21(13-11-20)23(16-19-28-17-5-6-18-28)24-9-7-8-22(27-24)14-15-25(29)30-26(2,3)4/h7-16H,5-6,17-19H2,1-4H3/b15-14+,23-16+. The molecule has 0 N–H and O–H groups in total. The van der Waals surface area contributed by atoms with Gasteiger partial charge in [-0.1, -0.05) is 42.0 Å². The fourth-order valence-corrected chi connectivity index (χ4v) is 3.47. The molecule has 4 nitrogen and oxygen atoms in total. The third kappa shape index (κ3) is 6.67. The second-order valence-corrected chi connectivity index (χ2v) is 8.81. The van der Waals surface area contributed by atoms with E-state index in [1.807, 2.05) is 39.0 Å². The number of aryl methyl sites for hydroxylation is 1. The van der Waals surface area contributed by atoms with Crippen LogP contribution in [0.4, 0.5) is 0 Å². The molecular formula is C26H32N2O2. The van der Waals surface area contributed by atoms with Crippen molar-refractivity contribution >= 4 is 17.6 Å². The molecule has 4 heteroatoms. The summed E-state index contributed by atoms with van der Waals surface area (Å²) in [5.41, 5.74) is 4.64. The summed E-state index contributed by atoms with van der Waals surface area (Å²) in [7, 11) is 0. The average Bonchev–Trinajstić information content (AvgIpc) is 3.21. The van der Waals surface area contributed by atoms with Crippen LogP contribution in [0.15, 0.2) is 54.6 Å². The first-order valence-electron chi connectivity index (χ1n) is 10.7. The van der Waals surface area contributed by atoms with Crippen LogP contribution in [0, 0.1) is 6.92 Å². The number of likely N-dealkylation sites (tertiary alicyclic amines) is 1. The van der Waals surface area contributed by atoms with Crippen LogP contribution in [0.25, 0.3) is 11.6 Å². The zero-order valence-electron chi connectivity index (χ0n) is 18.5. The van der Waals surface area contributed by atoms with Gasteiger partial charge in [-0.05, 0) is 77.4 Å². The number of aromatic nitrogens is 1. The van der Waals surface area contributed by atoms with Gasteiger partial charge in [0, 0.05) is 18.2 Å². The highest BCUT2D eigenvalue weighted by Crippen LogP contribution is 2.23. The molecule has 0 bridgehead atoms. The van der Waals surface area contributed by atoms with E-state index >= 15 is 0 Å². The molecule has 1 aromatic heterocycles. The molecule has 0 unspecified atom stereocenters. The molecule has 2 heterocycles. The minimum absolute atomic E-state index is 0.363. The predicted molar refractivity (Wildman–Crippen MR) is 123 cm³/mol. The van der Waals surface area contributed by atoms with Crippen molar-refractivity contribution < 1.29 is 9.53 Å². The Bertz CT molecular complexity index is 915. The van der Waals surface area contributed by atoms with Crippen molar-refractivity contribution in [2.75, 3.05) is 19.6 Å². The van der Waals surface area contributed by atoms with Gasteiger partial charge in [-0.3, -0.25) is 4.90 Å². The molecule has 0 amide bonds. The number of ether oxygens (including phenoxy) is 1. The van der Waals surface area contributed by atoms with Crippen molar-refractivity contribution in [2.45, 2.75) is 46.1 Å². The zero-order valence-corrected chi connectivity index (χ0v) is 18.5. The summed E-state index contributed by atoms with van der Waals surface area (Å²) < 4.78 is 5.34. The number of nitrogens with zero attached hydrogens (tertiary/aromatic N) is 2. The highest BCUT2D eigenvalue weighted by molar-refractivity contribution is 5.87. The molecular weight excluding hydrogens is 372 g/mol. The van der Waals surface area contributed by atoms with E-state index in [1.165, 1.54) is 24.5 Å². The Hall–Kier alpha value is -2.72. The van der Waals surface area contributed by atoms with Crippen LogP contribution in [-0.2, 0) is 9.53 Å². The third-order valence-corrected chi connectivity index (χ3v) is 4.96. The van der Waals surface area contributed by atoms with Gasteiger partial charge in [0.25, 0.3) is 0 Å². The Kier molecular flexibility index (Phi) is 7.22. The van der Waals surface area contributed by atoms with Crippen LogP contribution in [-0.4, -0.2) is 41.1 Å². The lowest BCUT2D eigenvalue weighted by molar-refractivity contribution is -0.148. The van der Waals surface area contributed by atoms with Gasteiger partial charge in [-0.2, -0.15) is 0 Å².